The molecule has 0 saturated carbocycles. The first-order valence-corrected chi connectivity index (χ1v) is 7.89. The summed E-state index contributed by atoms with van der Waals surface area (Å²) in [6.07, 6.45) is 0. The Labute approximate surface area is 88.4 Å². The van der Waals surface area contributed by atoms with Gasteiger partial charge in [0.1, 0.15) is 0 Å². The molecular formula is C9H24N2O2Si. The normalized spacial score (nSPS) is 12.0. The fraction of sp³-hybridized carbons (Fsp3) is 1.00. The molecule has 0 amide bonds. The molecule has 0 unspecified atom stereocenters. The van der Waals surface area contributed by atoms with Gasteiger partial charge in [0.2, 0.25) is 0 Å². The lowest BCUT2D eigenvalue weighted by Crippen LogP contribution is -2.41. The van der Waals surface area contributed by atoms with Crippen LogP contribution < -0.4 is 11.1 Å². The predicted molar refractivity (Wildman–Crippen MR) is 61.6 cm³/mol. The Morgan fingerprint density at radius 2 is 1.71 bits per heavy atom. The number of hydrogen-bond donors (Lipinski definition) is 2. The Morgan fingerprint density at radius 1 is 1.14 bits per heavy atom. The zero-order chi connectivity index (χ0) is 10.9. The van der Waals surface area contributed by atoms with Crippen LogP contribution in [0.1, 0.15) is 13.8 Å². The largest absolute Gasteiger partial charge is 0.395 e. The minimum Gasteiger partial charge on any atom is -0.395 e. The fourth-order valence-corrected chi connectivity index (χ4v) is 3.56. The summed E-state index contributed by atoms with van der Waals surface area (Å²) >= 11 is 0. The van der Waals surface area contributed by atoms with Crippen LogP contribution in [0.4, 0.5) is 0 Å². The minimum atomic E-state index is -1.90. The van der Waals surface area contributed by atoms with Crippen LogP contribution in [0.15, 0.2) is 0 Å². The van der Waals surface area contributed by atoms with E-state index in [1.807, 2.05) is 13.8 Å². The zero-order valence-electron chi connectivity index (χ0n) is 9.64. The van der Waals surface area contributed by atoms with Gasteiger partial charge in [0.15, 0.2) is 0 Å². The molecule has 0 aromatic heterocycles. The van der Waals surface area contributed by atoms with Gasteiger partial charge >= 0.3 is 8.56 Å². The highest BCUT2D eigenvalue weighted by molar-refractivity contribution is 6.66. The molecule has 0 bridgehead atoms. The standard InChI is InChI=1S/C9H24N2O2Si/c1-4-12-14(3,13-5-2)9-8-11-7-6-10/h11H,4-10H2,1-3H3. The van der Waals surface area contributed by atoms with Crippen molar-refractivity contribution in [3.8, 4) is 0 Å². The number of nitrogens with one attached hydrogen (secondary N) is 1. The summed E-state index contributed by atoms with van der Waals surface area (Å²) in [4.78, 5) is 0. The SMILES string of the molecule is CCO[Si](C)(CCNCCN)OCC. The lowest BCUT2D eigenvalue weighted by Gasteiger charge is -2.25. The molecule has 0 rings (SSSR count). The van der Waals surface area contributed by atoms with Crippen molar-refractivity contribution in [1.82, 2.24) is 5.32 Å². The average Bonchev–Trinajstić information content (AvgIpc) is 2.13. The van der Waals surface area contributed by atoms with Crippen molar-refractivity contribution < 1.29 is 8.85 Å². The third-order valence-electron chi connectivity index (χ3n) is 1.98. The molecular weight excluding hydrogens is 196 g/mol. The van der Waals surface area contributed by atoms with Crippen LogP contribution >= 0.6 is 0 Å². The van der Waals surface area contributed by atoms with Crippen molar-refractivity contribution in [1.29, 1.82) is 0 Å². The molecule has 5 heteroatoms. The highest BCUT2D eigenvalue weighted by Gasteiger charge is 2.29. The number of rotatable bonds is 9. The first-order valence-electron chi connectivity index (χ1n) is 5.37. The Kier molecular flexibility index (Phi) is 8.41. The molecule has 0 saturated heterocycles. The second kappa shape index (κ2) is 8.37. The van der Waals surface area contributed by atoms with Crippen LogP contribution in [0.5, 0.6) is 0 Å². The number of hydrogen-bond acceptors (Lipinski definition) is 4. The first-order chi connectivity index (χ1) is 6.68. The van der Waals surface area contributed by atoms with E-state index in [1.165, 1.54) is 0 Å². The van der Waals surface area contributed by atoms with Crippen molar-refractivity contribution in [3.05, 3.63) is 0 Å². The Morgan fingerprint density at radius 3 is 2.14 bits per heavy atom. The van der Waals surface area contributed by atoms with Crippen molar-refractivity contribution in [2.45, 2.75) is 26.4 Å². The van der Waals surface area contributed by atoms with Gasteiger partial charge in [-0.05, 0) is 26.9 Å². The van der Waals surface area contributed by atoms with E-state index in [0.29, 0.717) is 6.54 Å². The Balaban J connectivity index is 3.71. The van der Waals surface area contributed by atoms with Gasteiger partial charge in [-0.3, -0.25) is 0 Å². The zero-order valence-corrected chi connectivity index (χ0v) is 10.6. The van der Waals surface area contributed by atoms with Gasteiger partial charge in [0, 0.05) is 32.3 Å². The van der Waals surface area contributed by atoms with Crippen LogP contribution in [-0.2, 0) is 8.85 Å². The van der Waals surface area contributed by atoms with Gasteiger partial charge in [0.25, 0.3) is 0 Å². The van der Waals surface area contributed by atoms with Crippen molar-refractivity contribution in [3.63, 3.8) is 0 Å². The van der Waals surface area contributed by atoms with Crippen LogP contribution in [0.25, 0.3) is 0 Å². The lowest BCUT2D eigenvalue weighted by atomic mass is 10.6. The van der Waals surface area contributed by atoms with Crippen LogP contribution in [0, 0.1) is 0 Å². The summed E-state index contributed by atoms with van der Waals surface area (Å²) in [5, 5.41) is 3.26. The maximum atomic E-state index is 5.70. The van der Waals surface area contributed by atoms with Crippen LogP contribution in [0.2, 0.25) is 12.6 Å². The molecule has 0 aromatic carbocycles. The molecule has 0 radical (unpaired) electrons. The van der Waals surface area contributed by atoms with Crippen molar-refractivity contribution >= 4 is 8.56 Å². The van der Waals surface area contributed by atoms with E-state index < -0.39 is 8.56 Å². The first kappa shape index (κ1) is 14.1. The van der Waals surface area contributed by atoms with E-state index in [9.17, 15) is 0 Å². The summed E-state index contributed by atoms with van der Waals surface area (Å²) in [6, 6.07) is 0.981. The van der Waals surface area contributed by atoms with E-state index in [-0.39, 0.29) is 0 Å². The highest BCUT2D eigenvalue weighted by atomic mass is 28.4. The Bertz CT molecular complexity index is 130. The fourth-order valence-electron chi connectivity index (χ4n) is 1.34. The van der Waals surface area contributed by atoms with Gasteiger partial charge in [-0.2, -0.15) is 0 Å². The molecule has 0 aromatic rings. The Hall–Kier alpha value is 0.0569. The molecule has 0 aliphatic carbocycles. The van der Waals surface area contributed by atoms with E-state index in [2.05, 4.69) is 11.9 Å². The molecule has 0 aliphatic rings. The van der Waals surface area contributed by atoms with E-state index in [0.717, 1.165) is 32.3 Å². The van der Waals surface area contributed by atoms with Gasteiger partial charge < -0.3 is 19.9 Å². The summed E-state index contributed by atoms with van der Waals surface area (Å²) < 4.78 is 11.4. The summed E-state index contributed by atoms with van der Waals surface area (Å²) in [5.74, 6) is 0. The van der Waals surface area contributed by atoms with Crippen LogP contribution in [-0.4, -0.2) is 41.4 Å². The van der Waals surface area contributed by atoms with Gasteiger partial charge in [-0.1, -0.05) is 0 Å². The third kappa shape index (κ3) is 6.50. The summed E-state index contributed by atoms with van der Waals surface area (Å²) in [7, 11) is -1.90. The molecule has 0 atom stereocenters. The van der Waals surface area contributed by atoms with Crippen LogP contribution in [0.3, 0.4) is 0 Å². The van der Waals surface area contributed by atoms with Gasteiger partial charge in [-0.15, -0.1) is 0 Å². The topological polar surface area (TPSA) is 56.5 Å². The second-order valence-electron chi connectivity index (χ2n) is 3.29. The quantitative estimate of drug-likeness (QED) is 0.443. The molecule has 4 nitrogen and oxygen atoms in total. The second-order valence-corrected chi connectivity index (χ2v) is 6.63. The van der Waals surface area contributed by atoms with E-state index in [1.54, 1.807) is 0 Å². The molecule has 3 N–H and O–H groups in total. The van der Waals surface area contributed by atoms with Crippen molar-refractivity contribution in [2.24, 2.45) is 5.73 Å². The molecule has 0 aliphatic heterocycles. The maximum Gasteiger partial charge on any atom is 0.336 e. The molecule has 86 valence electrons. The summed E-state index contributed by atoms with van der Waals surface area (Å²) in [6.45, 7) is 10.1. The van der Waals surface area contributed by atoms with E-state index in [4.69, 9.17) is 14.6 Å². The molecule has 0 spiro atoms. The van der Waals surface area contributed by atoms with Gasteiger partial charge in [-0.25, -0.2) is 0 Å². The van der Waals surface area contributed by atoms with E-state index >= 15 is 0 Å². The number of nitrogens with two attached hydrogens (primary N) is 1. The maximum absolute atomic E-state index is 5.70. The predicted octanol–water partition coefficient (Wildman–Crippen LogP) is 0.680. The van der Waals surface area contributed by atoms with Crippen molar-refractivity contribution in [2.75, 3.05) is 32.8 Å². The molecule has 0 fully saturated rings. The van der Waals surface area contributed by atoms with Gasteiger partial charge in [0.05, 0.1) is 0 Å². The monoisotopic (exact) mass is 220 g/mol. The smallest absolute Gasteiger partial charge is 0.336 e. The summed E-state index contributed by atoms with van der Waals surface area (Å²) in [5.41, 5.74) is 5.38. The highest BCUT2D eigenvalue weighted by Crippen LogP contribution is 2.12. The average molecular weight is 220 g/mol. The third-order valence-corrected chi connectivity index (χ3v) is 4.93. The molecule has 0 heterocycles. The minimum absolute atomic E-state index is 0.682. The molecule has 14 heavy (non-hydrogen) atoms. The lowest BCUT2D eigenvalue weighted by molar-refractivity contribution is 0.189.